The van der Waals surface area contributed by atoms with Gasteiger partial charge in [0, 0.05) is 18.6 Å². The highest BCUT2D eigenvalue weighted by atomic mass is 35.5. The Bertz CT molecular complexity index is 281. The molecule has 1 aromatic rings. The van der Waals surface area contributed by atoms with E-state index in [0.717, 1.165) is 31.0 Å². The van der Waals surface area contributed by atoms with Crippen LogP contribution in [0.5, 0.6) is 0 Å². The van der Waals surface area contributed by atoms with Crippen LogP contribution in [0.15, 0.2) is 6.20 Å². The van der Waals surface area contributed by atoms with Crippen molar-refractivity contribution in [3.05, 3.63) is 11.9 Å². The monoisotopic (exact) mass is 213 g/mol. The fraction of sp³-hybridized carbons (Fsp3) is 0.800. The molecule has 1 fully saturated rings. The summed E-state index contributed by atoms with van der Waals surface area (Å²) in [5, 5.41) is 8.23. The van der Waals surface area contributed by atoms with E-state index < -0.39 is 0 Å². The molecule has 0 saturated heterocycles. The van der Waals surface area contributed by atoms with Crippen LogP contribution in [0.25, 0.3) is 0 Å². The lowest BCUT2D eigenvalue weighted by atomic mass is 9.85. The first-order valence-electron chi connectivity index (χ1n) is 5.33. The minimum Gasteiger partial charge on any atom is -0.252 e. The predicted molar refractivity (Wildman–Crippen MR) is 56.4 cm³/mol. The molecule has 0 radical (unpaired) electrons. The Morgan fingerprint density at radius 2 is 2.36 bits per heavy atom. The van der Waals surface area contributed by atoms with Crippen LogP contribution in [-0.4, -0.2) is 20.9 Å². The Morgan fingerprint density at radius 1 is 1.50 bits per heavy atom. The van der Waals surface area contributed by atoms with Crippen LogP contribution in [-0.2, 0) is 13.0 Å². The number of nitrogens with zero attached hydrogens (tertiary/aromatic N) is 3. The minimum absolute atomic E-state index is 0.704. The maximum atomic E-state index is 5.62. The molecule has 4 heteroatoms. The van der Waals surface area contributed by atoms with Crippen LogP contribution in [0.4, 0.5) is 0 Å². The SMILES string of the molecule is ClCCCc1cn(CC2CCC2)nn1. The zero-order valence-corrected chi connectivity index (χ0v) is 9.08. The fourth-order valence-corrected chi connectivity index (χ4v) is 1.86. The third kappa shape index (κ3) is 2.47. The first kappa shape index (κ1) is 9.97. The van der Waals surface area contributed by atoms with Gasteiger partial charge in [-0.2, -0.15) is 0 Å². The Labute approximate surface area is 89.4 Å². The van der Waals surface area contributed by atoms with Crippen LogP contribution >= 0.6 is 11.6 Å². The van der Waals surface area contributed by atoms with E-state index in [4.69, 9.17) is 11.6 Å². The lowest BCUT2D eigenvalue weighted by Crippen LogP contribution is -2.18. The third-order valence-corrected chi connectivity index (χ3v) is 3.09. The van der Waals surface area contributed by atoms with E-state index in [2.05, 4.69) is 16.5 Å². The maximum Gasteiger partial charge on any atom is 0.0827 e. The minimum atomic E-state index is 0.704. The smallest absolute Gasteiger partial charge is 0.0827 e. The largest absolute Gasteiger partial charge is 0.252 e. The van der Waals surface area contributed by atoms with Crippen molar-refractivity contribution in [1.29, 1.82) is 0 Å². The third-order valence-electron chi connectivity index (χ3n) is 2.82. The van der Waals surface area contributed by atoms with Gasteiger partial charge in [0.15, 0.2) is 0 Å². The van der Waals surface area contributed by atoms with Gasteiger partial charge in [-0.3, -0.25) is 4.68 Å². The van der Waals surface area contributed by atoms with Gasteiger partial charge < -0.3 is 0 Å². The van der Waals surface area contributed by atoms with Crippen molar-refractivity contribution >= 4 is 11.6 Å². The van der Waals surface area contributed by atoms with Crippen LogP contribution in [0.1, 0.15) is 31.4 Å². The van der Waals surface area contributed by atoms with Crippen molar-refractivity contribution < 1.29 is 0 Å². The highest BCUT2D eigenvalue weighted by molar-refractivity contribution is 6.17. The zero-order valence-electron chi connectivity index (χ0n) is 8.32. The average molecular weight is 214 g/mol. The highest BCUT2D eigenvalue weighted by Crippen LogP contribution is 2.27. The van der Waals surface area contributed by atoms with Crippen LogP contribution in [0.3, 0.4) is 0 Å². The Hall–Kier alpha value is -0.570. The quantitative estimate of drug-likeness (QED) is 0.703. The Morgan fingerprint density at radius 3 is 3.00 bits per heavy atom. The topological polar surface area (TPSA) is 30.7 Å². The molecule has 0 aromatic carbocycles. The number of aryl methyl sites for hydroxylation is 1. The molecule has 1 heterocycles. The average Bonchev–Trinajstić information content (AvgIpc) is 2.56. The molecule has 78 valence electrons. The molecule has 0 bridgehead atoms. The first-order valence-corrected chi connectivity index (χ1v) is 5.87. The van der Waals surface area contributed by atoms with Crippen molar-refractivity contribution in [2.75, 3.05) is 5.88 Å². The molecule has 0 N–H and O–H groups in total. The highest BCUT2D eigenvalue weighted by Gasteiger charge is 2.18. The molecule has 0 amide bonds. The lowest BCUT2D eigenvalue weighted by molar-refractivity contribution is 0.264. The standard InChI is InChI=1S/C10H16ClN3/c11-6-2-5-10-8-14(13-12-10)7-9-3-1-4-9/h8-9H,1-7H2. The second-order valence-electron chi connectivity index (χ2n) is 4.02. The number of rotatable bonds is 5. The number of halogens is 1. The molecular formula is C10H16ClN3. The summed E-state index contributed by atoms with van der Waals surface area (Å²) in [6.07, 6.45) is 8.11. The zero-order chi connectivity index (χ0) is 9.80. The van der Waals surface area contributed by atoms with E-state index in [1.807, 2.05) is 4.68 Å². The predicted octanol–water partition coefficient (Wildman–Crippen LogP) is 2.25. The molecular weight excluding hydrogens is 198 g/mol. The van der Waals surface area contributed by atoms with Gasteiger partial charge in [0.05, 0.1) is 5.69 Å². The number of alkyl halides is 1. The van der Waals surface area contributed by atoms with Gasteiger partial charge in [-0.05, 0) is 31.6 Å². The van der Waals surface area contributed by atoms with Crippen molar-refractivity contribution in [3.63, 3.8) is 0 Å². The molecule has 1 aliphatic carbocycles. The van der Waals surface area contributed by atoms with Gasteiger partial charge in [-0.15, -0.1) is 16.7 Å². The molecule has 1 saturated carbocycles. The van der Waals surface area contributed by atoms with Gasteiger partial charge >= 0.3 is 0 Å². The molecule has 0 atom stereocenters. The van der Waals surface area contributed by atoms with Gasteiger partial charge in [0.2, 0.25) is 0 Å². The van der Waals surface area contributed by atoms with Crippen molar-refractivity contribution in [1.82, 2.24) is 15.0 Å². The molecule has 3 nitrogen and oxygen atoms in total. The van der Waals surface area contributed by atoms with Crippen LogP contribution < -0.4 is 0 Å². The molecule has 0 aliphatic heterocycles. The summed E-state index contributed by atoms with van der Waals surface area (Å²) in [6, 6.07) is 0. The molecule has 14 heavy (non-hydrogen) atoms. The van der Waals surface area contributed by atoms with E-state index in [9.17, 15) is 0 Å². The van der Waals surface area contributed by atoms with Gasteiger partial charge in [-0.1, -0.05) is 11.6 Å². The summed E-state index contributed by atoms with van der Waals surface area (Å²) in [5.74, 6) is 1.55. The van der Waals surface area contributed by atoms with E-state index in [-0.39, 0.29) is 0 Å². The van der Waals surface area contributed by atoms with Crippen LogP contribution in [0.2, 0.25) is 0 Å². The van der Waals surface area contributed by atoms with E-state index >= 15 is 0 Å². The van der Waals surface area contributed by atoms with E-state index in [1.54, 1.807) is 0 Å². The number of hydrogen-bond acceptors (Lipinski definition) is 2. The molecule has 0 spiro atoms. The summed E-state index contributed by atoms with van der Waals surface area (Å²) in [6.45, 7) is 1.05. The number of aromatic nitrogens is 3. The van der Waals surface area contributed by atoms with Gasteiger partial charge in [-0.25, -0.2) is 0 Å². The van der Waals surface area contributed by atoms with Crippen molar-refractivity contribution in [2.24, 2.45) is 5.92 Å². The summed E-state index contributed by atoms with van der Waals surface area (Å²) in [4.78, 5) is 0. The molecule has 1 aliphatic rings. The molecule has 2 rings (SSSR count). The molecule has 1 aromatic heterocycles. The maximum absolute atomic E-state index is 5.62. The Balaban J connectivity index is 1.82. The van der Waals surface area contributed by atoms with Gasteiger partial charge in [0.1, 0.15) is 0 Å². The normalized spacial score (nSPS) is 16.9. The van der Waals surface area contributed by atoms with Gasteiger partial charge in [0.25, 0.3) is 0 Å². The summed E-state index contributed by atoms with van der Waals surface area (Å²) in [7, 11) is 0. The Kier molecular flexibility index (Phi) is 3.40. The van der Waals surface area contributed by atoms with Crippen molar-refractivity contribution in [2.45, 2.75) is 38.6 Å². The second kappa shape index (κ2) is 4.78. The second-order valence-corrected chi connectivity index (χ2v) is 4.40. The molecule has 0 unspecified atom stereocenters. The number of hydrogen-bond donors (Lipinski definition) is 0. The van der Waals surface area contributed by atoms with Crippen LogP contribution in [0, 0.1) is 5.92 Å². The lowest BCUT2D eigenvalue weighted by Gasteiger charge is -2.24. The van der Waals surface area contributed by atoms with E-state index in [1.165, 1.54) is 19.3 Å². The summed E-state index contributed by atoms with van der Waals surface area (Å²) >= 11 is 5.62. The summed E-state index contributed by atoms with van der Waals surface area (Å²) in [5.41, 5.74) is 1.07. The fourth-order valence-electron chi connectivity index (χ4n) is 1.73. The van der Waals surface area contributed by atoms with Crippen molar-refractivity contribution in [3.8, 4) is 0 Å². The summed E-state index contributed by atoms with van der Waals surface area (Å²) < 4.78 is 1.98. The first-order chi connectivity index (χ1) is 6.88. The van der Waals surface area contributed by atoms with E-state index in [0.29, 0.717) is 5.88 Å².